The summed E-state index contributed by atoms with van der Waals surface area (Å²) >= 11 is 6.07. The largest absolute Gasteiger partial charge is 0.497 e. The molecule has 0 saturated carbocycles. The predicted molar refractivity (Wildman–Crippen MR) is 133 cm³/mol. The van der Waals surface area contributed by atoms with Crippen LogP contribution in [0.3, 0.4) is 0 Å². The number of carbonyl (C=O) groups is 1. The molecule has 1 unspecified atom stereocenters. The number of aryl methyl sites for hydroxylation is 1. The summed E-state index contributed by atoms with van der Waals surface area (Å²) in [5.41, 5.74) is 1.25. The number of amides is 1. The van der Waals surface area contributed by atoms with Gasteiger partial charge in [0.05, 0.1) is 35.8 Å². The van der Waals surface area contributed by atoms with Gasteiger partial charge in [0.1, 0.15) is 23.9 Å². The Balaban J connectivity index is 1.50. The summed E-state index contributed by atoms with van der Waals surface area (Å²) in [6.07, 6.45) is -1.04. The van der Waals surface area contributed by atoms with Crippen LogP contribution in [0, 0.1) is 6.92 Å². The number of benzene rings is 3. The SMILES string of the molecule is COc1ccc(S(=O)(=O)N2CC(C(=O)NCCOc3ccccc3Cl)Oc3cc(C)ccc32)cc1. The number of anilines is 1. The number of rotatable bonds is 8. The van der Waals surface area contributed by atoms with Crippen molar-refractivity contribution in [3.05, 3.63) is 77.3 Å². The molecule has 0 fully saturated rings. The van der Waals surface area contributed by atoms with Gasteiger partial charge in [-0.3, -0.25) is 9.10 Å². The number of nitrogens with one attached hydrogen (secondary N) is 1. The molecule has 0 radical (unpaired) electrons. The lowest BCUT2D eigenvalue weighted by Gasteiger charge is -2.35. The fraction of sp³-hybridized carbons (Fsp3) is 0.240. The van der Waals surface area contributed by atoms with Gasteiger partial charge in [-0.25, -0.2) is 8.42 Å². The Morgan fingerprint density at radius 2 is 1.89 bits per heavy atom. The Morgan fingerprint density at radius 1 is 1.14 bits per heavy atom. The number of methoxy groups -OCH3 is 1. The Hall–Kier alpha value is -3.43. The Morgan fingerprint density at radius 3 is 2.60 bits per heavy atom. The average Bonchev–Trinajstić information content (AvgIpc) is 2.86. The summed E-state index contributed by atoms with van der Waals surface area (Å²) in [5, 5.41) is 3.22. The van der Waals surface area contributed by atoms with Gasteiger partial charge in [0.25, 0.3) is 15.9 Å². The van der Waals surface area contributed by atoms with Crippen molar-refractivity contribution in [1.82, 2.24) is 5.32 Å². The Labute approximate surface area is 209 Å². The number of hydrogen-bond acceptors (Lipinski definition) is 6. The van der Waals surface area contributed by atoms with Crippen LogP contribution >= 0.6 is 11.6 Å². The molecule has 1 atom stereocenters. The quantitative estimate of drug-likeness (QED) is 0.458. The number of carbonyl (C=O) groups excluding carboxylic acids is 1. The highest BCUT2D eigenvalue weighted by atomic mass is 35.5. The first-order valence-electron chi connectivity index (χ1n) is 10.9. The van der Waals surface area contributed by atoms with Crippen molar-refractivity contribution in [3.8, 4) is 17.2 Å². The molecule has 0 spiro atoms. The molecule has 8 nitrogen and oxygen atoms in total. The minimum Gasteiger partial charge on any atom is -0.497 e. The lowest BCUT2D eigenvalue weighted by atomic mass is 10.1. The van der Waals surface area contributed by atoms with E-state index in [1.54, 1.807) is 54.6 Å². The minimum atomic E-state index is -3.97. The first-order chi connectivity index (χ1) is 16.8. The zero-order valence-corrected chi connectivity index (χ0v) is 20.8. The van der Waals surface area contributed by atoms with E-state index in [2.05, 4.69) is 5.32 Å². The van der Waals surface area contributed by atoms with E-state index in [1.165, 1.54) is 23.5 Å². The second-order valence-corrected chi connectivity index (χ2v) is 10.1. The molecule has 10 heteroatoms. The highest BCUT2D eigenvalue weighted by Crippen LogP contribution is 2.38. The van der Waals surface area contributed by atoms with Crippen LogP contribution in [0.25, 0.3) is 0 Å². The zero-order valence-electron chi connectivity index (χ0n) is 19.2. The number of ether oxygens (including phenoxy) is 3. The minimum absolute atomic E-state index is 0.0824. The normalized spacial score (nSPS) is 15.1. The van der Waals surface area contributed by atoms with Crippen LogP contribution < -0.4 is 23.8 Å². The first kappa shape index (κ1) is 24.7. The molecular formula is C25H25ClN2O6S. The van der Waals surface area contributed by atoms with Crippen LogP contribution in [0.1, 0.15) is 5.56 Å². The van der Waals surface area contributed by atoms with Gasteiger partial charge in [0.15, 0.2) is 6.10 Å². The maximum Gasteiger partial charge on any atom is 0.264 e. The molecule has 4 rings (SSSR count). The number of para-hydroxylation sites is 1. The number of halogens is 1. The van der Waals surface area contributed by atoms with E-state index in [-0.39, 0.29) is 24.6 Å². The molecule has 0 aliphatic carbocycles. The Bertz CT molecular complexity index is 1310. The fourth-order valence-electron chi connectivity index (χ4n) is 3.61. The van der Waals surface area contributed by atoms with E-state index < -0.39 is 22.0 Å². The monoisotopic (exact) mass is 516 g/mol. The van der Waals surface area contributed by atoms with Crippen LogP contribution in [0.5, 0.6) is 17.2 Å². The molecule has 0 aromatic heterocycles. The molecule has 35 heavy (non-hydrogen) atoms. The standard InChI is InChI=1S/C25H25ClN2O6S/c1-17-7-12-21-23(15-17)34-24(25(29)27-13-14-33-22-6-4-3-5-20(22)26)16-28(21)35(30,31)19-10-8-18(32-2)9-11-19/h3-12,15,24H,13-14,16H2,1-2H3,(H,27,29). The topological polar surface area (TPSA) is 94.2 Å². The molecule has 0 bridgehead atoms. The van der Waals surface area contributed by atoms with Gasteiger partial charge in [0.2, 0.25) is 0 Å². The molecule has 3 aromatic rings. The second-order valence-electron chi connectivity index (χ2n) is 7.86. The molecule has 1 amide bonds. The average molecular weight is 517 g/mol. The van der Waals surface area contributed by atoms with Crippen molar-refractivity contribution in [1.29, 1.82) is 0 Å². The summed E-state index contributed by atoms with van der Waals surface area (Å²) in [6, 6.07) is 18.3. The summed E-state index contributed by atoms with van der Waals surface area (Å²) < 4.78 is 44.9. The first-order valence-corrected chi connectivity index (χ1v) is 12.7. The van der Waals surface area contributed by atoms with Crippen LogP contribution in [-0.4, -0.2) is 47.2 Å². The molecule has 0 saturated heterocycles. The fourth-order valence-corrected chi connectivity index (χ4v) is 5.28. The van der Waals surface area contributed by atoms with Gasteiger partial charge < -0.3 is 19.5 Å². The van der Waals surface area contributed by atoms with Crippen molar-refractivity contribution >= 4 is 33.2 Å². The molecule has 184 valence electrons. The van der Waals surface area contributed by atoms with Crippen LogP contribution in [-0.2, 0) is 14.8 Å². The lowest BCUT2D eigenvalue weighted by molar-refractivity contribution is -0.127. The molecule has 1 heterocycles. The number of fused-ring (bicyclic) bond motifs is 1. The third-order valence-corrected chi connectivity index (χ3v) is 7.53. The molecular weight excluding hydrogens is 492 g/mol. The smallest absolute Gasteiger partial charge is 0.264 e. The summed E-state index contributed by atoms with van der Waals surface area (Å²) in [4.78, 5) is 13.0. The highest BCUT2D eigenvalue weighted by molar-refractivity contribution is 7.92. The molecule has 1 aliphatic rings. The van der Waals surface area contributed by atoms with Crippen molar-refractivity contribution in [3.63, 3.8) is 0 Å². The molecule has 1 aliphatic heterocycles. The number of hydrogen-bond donors (Lipinski definition) is 1. The predicted octanol–water partition coefficient (Wildman–Crippen LogP) is 3.81. The van der Waals surface area contributed by atoms with Gasteiger partial charge in [-0.15, -0.1) is 0 Å². The lowest BCUT2D eigenvalue weighted by Crippen LogP contribution is -2.51. The van der Waals surface area contributed by atoms with E-state index in [1.807, 2.05) is 6.92 Å². The maximum absolute atomic E-state index is 13.5. The van der Waals surface area contributed by atoms with E-state index >= 15 is 0 Å². The number of nitrogens with zero attached hydrogens (tertiary/aromatic N) is 1. The van der Waals surface area contributed by atoms with Crippen molar-refractivity contribution < 1.29 is 27.4 Å². The van der Waals surface area contributed by atoms with Gasteiger partial charge in [-0.1, -0.05) is 29.8 Å². The van der Waals surface area contributed by atoms with E-state index in [0.717, 1.165) is 5.56 Å². The highest BCUT2D eigenvalue weighted by Gasteiger charge is 2.37. The maximum atomic E-state index is 13.5. The van der Waals surface area contributed by atoms with Gasteiger partial charge in [-0.05, 0) is 61.0 Å². The van der Waals surface area contributed by atoms with E-state index in [0.29, 0.717) is 28.0 Å². The van der Waals surface area contributed by atoms with Gasteiger partial charge in [0, 0.05) is 0 Å². The van der Waals surface area contributed by atoms with Crippen molar-refractivity contribution in [2.75, 3.05) is 31.1 Å². The number of sulfonamides is 1. The van der Waals surface area contributed by atoms with E-state index in [9.17, 15) is 13.2 Å². The third-order valence-electron chi connectivity index (χ3n) is 5.42. The Kier molecular flexibility index (Phi) is 7.37. The zero-order chi connectivity index (χ0) is 25.0. The van der Waals surface area contributed by atoms with E-state index in [4.69, 9.17) is 25.8 Å². The molecule has 1 N–H and O–H groups in total. The van der Waals surface area contributed by atoms with Crippen molar-refractivity contribution in [2.24, 2.45) is 0 Å². The van der Waals surface area contributed by atoms with Gasteiger partial charge in [-0.2, -0.15) is 0 Å². The third kappa shape index (κ3) is 5.47. The molecule has 3 aromatic carbocycles. The van der Waals surface area contributed by atoms with Crippen LogP contribution in [0.15, 0.2) is 71.6 Å². The van der Waals surface area contributed by atoms with Crippen LogP contribution in [0.4, 0.5) is 5.69 Å². The summed E-state index contributed by atoms with van der Waals surface area (Å²) in [6.45, 7) is 2.06. The summed E-state index contributed by atoms with van der Waals surface area (Å²) in [7, 11) is -2.46. The second kappa shape index (κ2) is 10.5. The summed E-state index contributed by atoms with van der Waals surface area (Å²) in [5.74, 6) is 0.923. The van der Waals surface area contributed by atoms with Crippen molar-refractivity contribution in [2.45, 2.75) is 17.9 Å². The van der Waals surface area contributed by atoms with Crippen LogP contribution in [0.2, 0.25) is 5.02 Å². The van der Waals surface area contributed by atoms with Gasteiger partial charge >= 0.3 is 0 Å².